The minimum absolute atomic E-state index is 0.540. The van der Waals surface area contributed by atoms with E-state index in [0.717, 1.165) is 43.6 Å². The van der Waals surface area contributed by atoms with Crippen molar-refractivity contribution in [1.82, 2.24) is 25.7 Å². The largest absolute Gasteiger partial charge is 0.421 e. The number of H-pyrrole nitrogens is 1. The highest BCUT2D eigenvalue weighted by atomic mass is 16.4. The molecule has 6 nitrogen and oxygen atoms in total. The van der Waals surface area contributed by atoms with Gasteiger partial charge < -0.3 is 9.73 Å². The second-order valence-electron chi connectivity index (χ2n) is 4.26. The monoisotopic (exact) mass is 249 g/mol. The second-order valence-corrected chi connectivity index (χ2v) is 4.26. The highest BCUT2D eigenvalue weighted by Gasteiger charge is 2.11. The van der Waals surface area contributed by atoms with E-state index in [1.807, 2.05) is 6.92 Å². The summed E-state index contributed by atoms with van der Waals surface area (Å²) in [5, 5.41) is 18.2. The first-order valence-corrected chi connectivity index (χ1v) is 6.34. The highest BCUT2D eigenvalue weighted by Crippen LogP contribution is 2.19. The Morgan fingerprint density at radius 2 is 2.22 bits per heavy atom. The molecule has 0 bridgehead atoms. The van der Waals surface area contributed by atoms with Crippen LogP contribution in [-0.4, -0.2) is 33.5 Å². The molecule has 2 aromatic heterocycles. The highest BCUT2D eigenvalue weighted by molar-refractivity contribution is 5.53. The summed E-state index contributed by atoms with van der Waals surface area (Å²) in [7, 11) is 0. The summed E-state index contributed by atoms with van der Waals surface area (Å²) in [5.41, 5.74) is 1.81. The number of aryl methyl sites for hydroxylation is 2. The summed E-state index contributed by atoms with van der Waals surface area (Å²) >= 11 is 0. The molecule has 18 heavy (non-hydrogen) atoms. The zero-order chi connectivity index (χ0) is 12.8. The Morgan fingerprint density at radius 3 is 2.94 bits per heavy atom. The number of aromatic amines is 1. The van der Waals surface area contributed by atoms with Crippen LogP contribution in [0, 0.1) is 6.92 Å². The lowest BCUT2D eigenvalue weighted by Crippen LogP contribution is -2.16. The Hall–Kier alpha value is -1.69. The SMILES string of the molecule is CCCNCCCc1nnc(-c2cn[nH]c2C)o1. The predicted molar refractivity (Wildman–Crippen MR) is 68.1 cm³/mol. The fraction of sp³-hybridized carbons (Fsp3) is 0.583. The van der Waals surface area contributed by atoms with Crippen LogP contribution in [0.2, 0.25) is 0 Å². The van der Waals surface area contributed by atoms with E-state index in [9.17, 15) is 0 Å². The van der Waals surface area contributed by atoms with Gasteiger partial charge in [0.05, 0.1) is 11.8 Å². The summed E-state index contributed by atoms with van der Waals surface area (Å²) in [6, 6.07) is 0. The van der Waals surface area contributed by atoms with Crippen LogP contribution in [0.5, 0.6) is 0 Å². The maximum Gasteiger partial charge on any atom is 0.251 e. The van der Waals surface area contributed by atoms with Gasteiger partial charge in [0.25, 0.3) is 5.89 Å². The van der Waals surface area contributed by atoms with E-state index in [0.29, 0.717) is 11.8 Å². The molecule has 0 saturated heterocycles. The van der Waals surface area contributed by atoms with Crippen LogP contribution in [-0.2, 0) is 6.42 Å². The normalized spacial score (nSPS) is 11.0. The zero-order valence-corrected chi connectivity index (χ0v) is 10.9. The standard InChI is InChI=1S/C12H19N5O/c1-3-6-13-7-4-5-11-16-17-12(18-11)10-8-14-15-9(10)2/h8,13H,3-7H2,1-2H3,(H,14,15). The van der Waals surface area contributed by atoms with E-state index in [2.05, 4.69) is 32.6 Å². The average molecular weight is 249 g/mol. The van der Waals surface area contributed by atoms with Crippen LogP contribution in [0.15, 0.2) is 10.6 Å². The van der Waals surface area contributed by atoms with Crippen LogP contribution < -0.4 is 5.32 Å². The molecule has 0 aliphatic heterocycles. The zero-order valence-electron chi connectivity index (χ0n) is 10.9. The summed E-state index contributed by atoms with van der Waals surface area (Å²) < 4.78 is 5.61. The van der Waals surface area contributed by atoms with Gasteiger partial charge in [0, 0.05) is 12.1 Å². The van der Waals surface area contributed by atoms with Gasteiger partial charge in [0.2, 0.25) is 5.89 Å². The van der Waals surface area contributed by atoms with Crippen molar-refractivity contribution < 1.29 is 4.42 Å². The minimum atomic E-state index is 0.540. The maximum absolute atomic E-state index is 5.61. The first kappa shape index (κ1) is 12.8. The predicted octanol–water partition coefficient (Wildman–Crippen LogP) is 1.70. The van der Waals surface area contributed by atoms with E-state index < -0.39 is 0 Å². The minimum Gasteiger partial charge on any atom is -0.421 e. The molecule has 0 atom stereocenters. The van der Waals surface area contributed by atoms with Crippen molar-refractivity contribution in [1.29, 1.82) is 0 Å². The molecule has 0 radical (unpaired) electrons. The molecule has 0 aromatic carbocycles. The quantitative estimate of drug-likeness (QED) is 0.730. The van der Waals surface area contributed by atoms with E-state index in [-0.39, 0.29) is 0 Å². The summed E-state index contributed by atoms with van der Waals surface area (Å²) in [4.78, 5) is 0. The number of aromatic nitrogens is 4. The number of nitrogens with one attached hydrogen (secondary N) is 2. The van der Waals surface area contributed by atoms with Gasteiger partial charge in [-0.2, -0.15) is 5.10 Å². The molecule has 98 valence electrons. The van der Waals surface area contributed by atoms with Gasteiger partial charge in [-0.15, -0.1) is 10.2 Å². The number of rotatable bonds is 7. The topological polar surface area (TPSA) is 79.6 Å². The number of hydrogen-bond acceptors (Lipinski definition) is 5. The van der Waals surface area contributed by atoms with Gasteiger partial charge in [-0.05, 0) is 32.9 Å². The molecule has 0 spiro atoms. The van der Waals surface area contributed by atoms with Crippen molar-refractivity contribution in [2.75, 3.05) is 13.1 Å². The number of nitrogens with zero attached hydrogens (tertiary/aromatic N) is 3. The molecule has 6 heteroatoms. The van der Waals surface area contributed by atoms with Gasteiger partial charge in [-0.3, -0.25) is 5.10 Å². The third kappa shape index (κ3) is 3.16. The molecule has 0 saturated carbocycles. The fourth-order valence-electron chi connectivity index (χ4n) is 1.70. The van der Waals surface area contributed by atoms with Gasteiger partial charge in [0.15, 0.2) is 0 Å². The number of hydrogen-bond donors (Lipinski definition) is 2. The Labute approximate surface area is 106 Å². The van der Waals surface area contributed by atoms with E-state index in [1.54, 1.807) is 6.20 Å². The Morgan fingerprint density at radius 1 is 1.33 bits per heavy atom. The Balaban J connectivity index is 1.85. The van der Waals surface area contributed by atoms with Crippen LogP contribution in [0.3, 0.4) is 0 Å². The fourth-order valence-corrected chi connectivity index (χ4v) is 1.70. The second kappa shape index (κ2) is 6.30. The Bertz CT molecular complexity index is 476. The summed E-state index contributed by atoms with van der Waals surface area (Å²) in [5.74, 6) is 1.22. The molecular formula is C12H19N5O. The van der Waals surface area contributed by atoms with Crippen LogP contribution >= 0.6 is 0 Å². The third-order valence-electron chi connectivity index (χ3n) is 2.70. The molecule has 0 fully saturated rings. The lowest BCUT2D eigenvalue weighted by molar-refractivity contribution is 0.491. The van der Waals surface area contributed by atoms with Crippen molar-refractivity contribution in [2.45, 2.75) is 33.1 Å². The maximum atomic E-state index is 5.61. The van der Waals surface area contributed by atoms with Crippen molar-refractivity contribution in [3.05, 3.63) is 17.8 Å². The van der Waals surface area contributed by atoms with Gasteiger partial charge in [0.1, 0.15) is 0 Å². The van der Waals surface area contributed by atoms with Gasteiger partial charge in [-0.25, -0.2) is 0 Å². The molecule has 0 aliphatic carbocycles. The van der Waals surface area contributed by atoms with E-state index in [4.69, 9.17) is 4.42 Å². The summed E-state index contributed by atoms with van der Waals surface area (Å²) in [6.45, 7) is 6.13. The lowest BCUT2D eigenvalue weighted by atomic mass is 10.3. The van der Waals surface area contributed by atoms with Crippen molar-refractivity contribution in [3.8, 4) is 11.5 Å². The average Bonchev–Trinajstić information content (AvgIpc) is 2.97. The van der Waals surface area contributed by atoms with Crippen molar-refractivity contribution in [2.24, 2.45) is 0 Å². The molecule has 2 rings (SSSR count). The van der Waals surface area contributed by atoms with E-state index in [1.165, 1.54) is 0 Å². The van der Waals surface area contributed by atoms with Crippen molar-refractivity contribution in [3.63, 3.8) is 0 Å². The van der Waals surface area contributed by atoms with Gasteiger partial charge in [-0.1, -0.05) is 6.92 Å². The van der Waals surface area contributed by atoms with Gasteiger partial charge >= 0.3 is 0 Å². The Kier molecular flexibility index (Phi) is 4.46. The van der Waals surface area contributed by atoms with Crippen molar-refractivity contribution >= 4 is 0 Å². The lowest BCUT2D eigenvalue weighted by Gasteiger charge is -1.99. The summed E-state index contributed by atoms with van der Waals surface area (Å²) in [6.07, 6.45) is 4.67. The molecule has 2 heterocycles. The first-order valence-electron chi connectivity index (χ1n) is 6.34. The molecule has 0 unspecified atom stereocenters. The molecule has 2 N–H and O–H groups in total. The van der Waals surface area contributed by atoms with Crippen LogP contribution in [0.1, 0.15) is 31.4 Å². The van der Waals surface area contributed by atoms with E-state index >= 15 is 0 Å². The smallest absolute Gasteiger partial charge is 0.251 e. The first-order chi connectivity index (χ1) is 8.81. The molecule has 2 aromatic rings. The molecular weight excluding hydrogens is 230 g/mol. The van der Waals surface area contributed by atoms with Crippen LogP contribution in [0.25, 0.3) is 11.5 Å². The molecule has 0 aliphatic rings. The van der Waals surface area contributed by atoms with Crippen LogP contribution in [0.4, 0.5) is 0 Å². The third-order valence-corrected chi connectivity index (χ3v) is 2.70. The molecule has 0 amide bonds.